The monoisotopic (exact) mass is 274 g/mol. The van der Waals surface area contributed by atoms with E-state index in [9.17, 15) is 4.39 Å². The average molecular weight is 274 g/mol. The minimum atomic E-state index is -0.266. The van der Waals surface area contributed by atoms with Crippen molar-refractivity contribution >= 4 is 0 Å². The van der Waals surface area contributed by atoms with E-state index in [2.05, 4.69) is 24.1 Å². The minimum Gasteiger partial charge on any atom is -0.439 e. The van der Waals surface area contributed by atoms with E-state index in [4.69, 9.17) is 4.74 Å². The molecule has 4 heteroatoms. The highest BCUT2D eigenvalue weighted by atomic mass is 19.1. The number of nitrogens with zero attached hydrogens (tertiary/aromatic N) is 1. The fourth-order valence-corrected chi connectivity index (χ4v) is 2.01. The lowest BCUT2D eigenvalue weighted by atomic mass is 10.1. The molecule has 1 unspecified atom stereocenters. The lowest BCUT2D eigenvalue weighted by Crippen LogP contribution is -2.17. The molecule has 106 valence electrons. The number of rotatable bonds is 5. The van der Waals surface area contributed by atoms with Crippen molar-refractivity contribution in [2.75, 3.05) is 6.54 Å². The van der Waals surface area contributed by atoms with E-state index in [-0.39, 0.29) is 11.9 Å². The van der Waals surface area contributed by atoms with Gasteiger partial charge >= 0.3 is 0 Å². The summed E-state index contributed by atoms with van der Waals surface area (Å²) in [5.74, 6) is 0.867. The van der Waals surface area contributed by atoms with Gasteiger partial charge in [0, 0.05) is 18.3 Å². The van der Waals surface area contributed by atoms with E-state index in [0.29, 0.717) is 11.6 Å². The fourth-order valence-electron chi connectivity index (χ4n) is 2.01. The Morgan fingerprint density at radius 1 is 1.30 bits per heavy atom. The maximum absolute atomic E-state index is 13.1. The first-order valence-electron chi connectivity index (χ1n) is 6.73. The zero-order valence-corrected chi connectivity index (χ0v) is 12.0. The van der Waals surface area contributed by atoms with Gasteiger partial charge in [-0.3, -0.25) is 0 Å². The molecule has 0 aliphatic rings. The van der Waals surface area contributed by atoms with Crippen molar-refractivity contribution in [3.05, 3.63) is 53.5 Å². The van der Waals surface area contributed by atoms with Crippen LogP contribution in [-0.2, 0) is 0 Å². The molecule has 3 nitrogen and oxygen atoms in total. The van der Waals surface area contributed by atoms with Crippen molar-refractivity contribution < 1.29 is 9.13 Å². The summed E-state index contributed by atoms with van der Waals surface area (Å²) in [4.78, 5) is 4.20. The number of ether oxygens (including phenoxy) is 1. The van der Waals surface area contributed by atoms with Crippen LogP contribution >= 0.6 is 0 Å². The van der Waals surface area contributed by atoms with Crippen LogP contribution < -0.4 is 10.1 Å². The van der Waals surface area contributed by atoms with Gasteiger partial charge in [0.25, 0.3) is 0 Å². The number of nitrogens with one attached hydrogen (secondary N) is 1. The van der Waals surface area contributed by atoms with Crippen molar-refractivity contribution in [2.45, 2.75) is 26.8 Å². The quantitative estimate of drug-likeness (QED) is 0.895. The molecule has 2 aromatic rings. The number of halogens is 1. The summed E-state index contributed by atoms with van der Waals surface area (Å²) in [6.07, 6.45) is 1.72. The average Bonchev–Trinajstić information content (AvgIpc) is 2.43. The summed E-state index contributed by atoms with van der Waals surface area (Å²) in [6.45, 7) is 6.86. The number of benzene rings is 1. The minimum absolute atomic E-state index is 0.236. The van der Waals surface area contributed by atoms with Crippen molar-refractivity contribution in [1.29, 1.82) is 0 Å². The standard InChI is InChI=1S/C16H19FN2O/c1-4-18-12(3)13-7-8-19-16(10-13)20-15-6-5-14(17)9-11(15)2/h5-10,12,18H,4H2,1-3H3. The lowest BCUT2D eigenvalue weighted by Gasteiger charge is -2.14. The molecule has 20 heavy (non-hydrogen) atoms. The van der Waals surface area contributed by atoms with Gasteiger partial charge in [-0.25, -0.2) is 9.37 Å². The highest BCUT2D eigenvalue weighted by Crippen LogP contribution is 2.25. The Bertz CT molecular complexity index is 586. The van der Waals surface area contributed by atoms with Crippen LogP contribution in [0.4, 0.5) is 4.39 Å². The van der Waals surface area contributed by atoms with Crippen LogP contribution in [-0.4, -0.2) is 11.5 Å². The number of pyridine rings is 1. The molecule has 0 bridgehead atoms. The fraction of sp³-hybridized carbons (Fsp3) is 0.312. The molecule has 0 fully saturated rings. The molecule has 1 atom stereocenters. The largest absolute Gasteiger partial charge is 0.439 e. The predicted molar refractivity (Wildman–Crippen MR) is 77.5 cm³/mol. The van der Waals surface area contributed by atoms with Crippen LogP contribution in [0.2, 0.25) is 0 Å². The molecule has 0 saturated carbocycles. The molecule has 0 aliphatic heterocycles. The zero-order valence-electron chi connectivity index (χ0n) is 12.0. The van der Waals surface area contributed by atoms with Crippen molar-refractivity contribution in [3.8, 4) is 11.6 Å². The van der Waals surface area contributed by atoms with Gasteiger partial charge in [0.2, 0.25) is 5.88 Å². The smallest absolute Gasteiger partial charge is 0.219 e. The van der Waals surface area contributed by atoms with E-state index < -0.39 is 0 Å². The second-order valence-electron chi connectivity index (χ2n) is 4.72. The Morgan fingerprint density at radius 2 is 2.10 bits per heavy atom. The highest BCUT2D eigenvalue weighted by molar-refractivity contribution is 5.36. The van der Waals surface area contributed by atoms with E-state index in [1.807, 2.05) is 19.1 Å². The molecule has 0 radical (unpaired) electrons. The summed E-state index contributed by atoms with van der Waals surface area (Å²) >= 11 is 0. The molecule has 1 aromatic carbocycles. The summed E-state index contributed by atoms with van der Waals surface area (Å²) in [6, 6.07) is 8.54. The third-order valence-corrected chi connectivity index (χ3v) is 3.12. The number of aryl methyl sites for hydroxylation is 1. The Balaban J connectivity index is 2.19. The van der Waals surface area contributed by atoms with Gasteiger partial charge in [-0.15, -0.1) is 0 Å². The Kier molecular flexibility index (Phi) is 4.69. The second kappa shape index (κ2) is 6.48. The molecular formula is C16H19FN2O. The predicted octanol–water partition coefficient (Wildman–Crippen LogP) is 3.99. The topological polar surface area (TPSA) is 34.2 Å². The van der Waals surface area contributed by atoms with Gasteiger partial charge in [0.1, 0.15) is 11.6 Å². The normalized spacial score (nSPS) is 12.2. The second-order valence-corrected chi connectivity index (χ2v) is 4.72. The highest BCUT2D eigenvalue weighted by Gasteiger charge is 2.08. The Morgan fingerprint density at radius 3 is 2.80 bits per heavy atom. The van der Waals surface area contributed by atoms with Crippen LogP contribution in [0, 0.1) is 12.7 Å². The molecule has 1 N–H and O–H groups in total. The summed E-state index contributed by atoms with van der Waals surface area (Å²) in [7, 11) is 0. The van der Waals surface area contributed by atoms with Crippen LogP contribution in [0.3, 0.4) is 0 Å². The number of hydrogen-bond acceptors (Lipinski definition) is 3. The molecule has 0 saturated heterocycles. The van der Waals surface area contributed by atoms with Crippen molar-refractivity contribution in [2.24, 2.45) is 0 Å². The van der Waals surface area contributed by atoms with Gasteiger partial charge in [-0.1, -0.05) is 6.92 Å². The van der Waals surface area contributed by atoms with E-state index in [1.165, 1.54) is 12.1 Å². The molecule has 0 amide bonds. The molecule has 1 heterocycles. The molecule has 0 aliphatic carbocycles. The van der Waals surface area contributed by atoms with Crippen LogP contribution in [0.5, 0.6) is 11.6 Å². The molecule has 1 aromatic heterocycles. The van der Waals surface area contributed by atoms with Crippen molar-refractivity contribution in [1.82, 2.24) is 10.3 Å². The lowest BCUT2D eigenvalue weighted by molar-refractivity contribution is 0.455. The third kappa shape index (κ3) is 3.54. The van der Waals surface area contributed by atoms with Gasteiger partial charge in [0.05, 0.1) is 0 Å². The Hall–Kier alpha value is -1.94. The number of aromatic nitrogens is 1. The molecule has 2 rings (SSSR count). The first-order chi connectivity index (χ1) is 9.60. The van der Waals surface area contributed by atoms with Crippen LogP contribution in [0.1, 0.15) is 31.0 Å². The SMILES string of the molecule is CCNC(C)c1ccnc(Oc2ccc(F)cc2C)c1. The van der Waals surface area contributed by atoms with E-state index in [1.54, 1.807) is 12.3 Å². The molecule has 0 spiro atoms. The van der Waals surface area contributed by atoms with Crippen molar-refractivity contribution in [3.63, 3.8) is 0 Å². The first kappa shape index (κ1) is 14.5. The maximum atomic E-state index is 13.1. The van der Waals surface area contributed by atoms with E-state index >= 15 is 0 Å². The third-order valence-electron chi connectivity index (χ3n) is 3.12. The molecular weight excluding hydrogens is 255 g/mol. The number of hydrogen-bond donors (Lipinski definition) is 1. The maximum Gasteiger partial charge on any atom is 0.219 e. The summed E-state index contributed by atoms with van der Waals surface area (Å²) in [5.41, 5.74) is 1.86. The van der Waals surface area contributed by atoms with Crippen LogP contribution in [0.15, 0.2) is 36.5 Å². The first-order valence-corrected chi connectivity index (χ1v) is 6.73. The van der Waals surface area contributed by atoms with Gasteiger partial charge in [-0.05, 0) is 55.8 Å². The Labute approximate surface area is 118 Å². The van der Waals surface area contributed by atoms with Gasteiger partial charge in [0.15, 0.2) is 0 Å². The van der Waals surface area contributed by atoms with Gasteiger partial charge < -0.3 is 10.1 Å². The summed E-state index contributed by atoms with van der Waals surface area (Å²) in [5, 5.41) is 3.34. The summed E-state index contributed by atoms with van der Waals surface area (Å²) < 4.78 is 18.8. The van der Waals surface area contributed by atoms with Gasteiger partial charge in [-0.2, -0.15) is 0 Å². The zero-order chi connectivity index (χ0) is 14.5. The van der Waals surface area contributed by atoms with E-state index in [0.717, 1.165) is 17.7 Å². The van der Waals surface area contributed by atoms with Crippen LogP contribution in [0.25, 0.3) is 0 Å².